The van der Waals surface area contributed by atoms with Crippen LogP contribution in [-0.4, -0.2) is 24.5 Å². The summed E-state index contributed by atoms with van der Waals surface area (Å²) in [4.78, 5) is 19.5. The van der Waals surface area contributed by atoms with E-state index in [4.69, 9.17) is 15.0 Å². The minimum atomic E-state index is -0.103. The van der Waals surface area contributed by atoms with E-state index in [9.17, 15) is 0 Å². The standard InChI is InChI=1S/C44H33N5S/c1-5-37-32(24-27(2)41-46-42(28-14-8-6-9-15-28)48-43(47-41)29-16-10-7-11-17-29)31-18-12-13-19-38(31)49(37)30-20-21-34-33(25-30)39-35(44(34,3)4)22-23-36-40(39)50-26-45-36/h5-26H,1H2,2-4H3/b27-24+. The van der Waals surface area contributed by atoms with Crippen molar-refractivity contribution in [2.45, 2.75) is 26.2 Å². The smallest absolute Gasteiger partial charge is 0.164 e. The Hall–Kier alpha value is -5.98. The van der Waals surface area contributed by atoms with Crippen LogP contribution in [0.25, 0.3) is 78.4 Å². The first kappa shape index (κ1) is 30.1. The Labute approximate surface area is 295 Å². The summed E-state index contributed by atoms with van der Waals surface area (Å²) in [6.45, 7) is 11.1. The van der Waals surface area contributed by atoms with Gasteiger partial charge in [0.25, 0.3) is 0 Å². The van der Waals surface area contributed by atoms with Gasteiger partial charge in [0.1, 0.15) is 0 Å². The van der Waals surface area contributed by atoms with Gasteiger partial charge < -0.3 is 4.57 Å². The number of allylic oxidation sites excluding steroid dienone is 1. The van der Waals surface area contributed by atoms with Crippen LogP contribution in [0.5, 0.6) is 0 Å². The Balaban J connectivity index is 1.23. The van der Waals surface area contributed by atoms with Crippen molar-refractivity contribution in [3.8, 4) is 39.6 Å². The predicted molar refractivity (Wildman–Crippen MR) is 208 cm³/mol. The van der Waals surface area contributed by atoms with Crippen LogP contribution in [0.3, 0.4) is 0 Å². The highest BCUT2D eigenvalue weighted by Crippen LogP contribution is 2.52. The Bertz CT molecular complexity index is 2590. The zero-order valence-electron chi connectivity index (χ0n) is 28.1. The Morgan fingerprint density at radius 2 is 1.42 bits per heavy atom. The van der Waals surface area contributed by atoms with E-state index in [0.717, 1.165) is 50.1 Å². The van der Waals surface area contributed by atoms with Crippen LogP contribution < -0.4 is 0 Å². The van der Waals surface area contributed by atoms with Gasteiger partial charge in [0, 0.05) is 38.7 Å². The van der Waals surface area contributed by atoms with Crippen LogP contribution in [0.4, 0.5) is 0 Å². The van der Waals surface area contributed by atoms with Crippen molar-refractivity contribution in [3.05, 3.63) is 156 Å². The van der Waals surface area contributed by atoms with Gasteiger partial charge in [-0.25, -0.2) is 19.9 Å². The lowest BCUT2D eigenvalue weighted by atomic mass is 9.82. The average molecular weight is 664 g/mol. The molecule has 0 fully saturated rings. The van der Waals surface area contributed by atoms with Crippen molar-refractivity contribution >= 4 is 50.2 Å². The number of aromatic nitrogens is 5. The molecule has 0 atom stereocenters. The number of hydrogen-bond acceptors (Lipinski definition) is 5. The quantitative estimate of drug-likeness (QED) is 0.178. The monoisotopic (exact) mass is 663 g/mol. The van der Waals surface area contributed by atoms with Crippen molar-refractivity contribution in [1.29, 1.82) is 0 Å². The van der Waals surface area contributed by atoms with E-state index in [1.165, 1.54) is 27.0 Å². The lowest BCUT2D eigenvalue weighted by molar-refractivity contribution is 0.661. The summed E-state index contributed by atoms with van der Waals surface area (Å²) in [6.07, 6.45) is 4.16. The van der Waals surface area contributed by atoms with E-state index in [1.807, 2.05) is 72.3 Å². The number of thiazole rings is 1. The fourth-order valence-electron chi connectivity index (χ4n) is 7.47. The summed E-state index contributed by atoms with van der Waals surface area (Å²) in [5, 5.41) is 1.13. The van der Waals surface area contributed by atoms with Crippen LogP contribution in [-0.2, 0) is 5.41 Å². The molecule has 9 rings (SSSR count). The molecule has 0 radical (unpaired) electrons. The summed E-state index contributed by atoms with van der Waals surface area (Å²) < 4.78 is 3.58. The number of hydrogen-bond donors (Lipinski definition) is 0. The van der Waals surface area contributed by atoms with E-state index >= 15 is 0 Å². The van der Waals surface area contributed by atoms with Crippen LogP contribution in [0.15, 0.2) is 127 Å². The van der Waals surface area contributed by atoms with Gasteiger partial charge in [0.2, 0.25) is 0 Å². The van der Waals surface area contributed by atoms with Crippen LogP contribution in [0.1, 0.15) is 49.0 Å². The highest BCUT2D eigenvalue weighted by molar-refractivity contribution is 7.17. The van der Waals surface area contributed by atoms with Crippen LogP contribution in [0.2, 0.25) is 0 Å². The number of rotatable bonds is 6. The minimum Gasteiger partial charge on any atom is -0.309 e. The lowest BCUT2D eigenvalue weighted by Crippen LogP contribution is -2.14. The molecule has 0 bridgehead atoms. The molecule has 1 aliphatic carbocycles. The molecule has 0 amide bonds. The summed E-state index contributed by atoms with van der Waals surface area (Å²) in [5.41, 5.74) is 15.3. The molecule has 50 heavy (non-hydrogen) atoms. The number of para-hydroxylation sites is 1. The molecule has 0 spiro atoms. The van der Waals surface area contributed by atoms with Crippen molar-refractivity contribution in [1.82, 2.24) is 24.5 Å². The molecule has 0 saturated carbocycles. The first-order valence-corrected chi connectivity index (χ1v) is 17.6. The largest absolute Gasteiger partial charge is 0.309 e. The zero-order valence-corrected chi connectivity index (χ0v) is 28.9. The molecule has 5 nitrogen and oxygen atoms in total. The van der Waals surface area contributed by atoms with Gasteiger partial charge in [0.05, 0.1) is 26.9 Å². The van der Waals surface area contributed by atoms with Gasteiger partial charge in [-0.15, -0.1) is 11.3 Å². The normalized spacial score (nSPS) is 13.5. The topological polar surface area (TPSA) is 56.5 Å². The van der Waals surface area contributed by atoms with Crippen molar-refractivity contribution in [2.24, 2.45) is 0 Å². The van der Waals surface area contributed by atoms with Crippen molar-refractivity contribution in [2.75, 3.05) is 0 Å². The second-order valence-corrected chi connectivity index (χ2v) is 14.1. The first-order chi connectivity index (χ1) is 24.4. The molecule has 240 valence electrons. The van der Waals surface area contributed by atoms with E-state index in [-0.39, 0.29) is 5.41 Å². The average Bonchev–Trinajstić information content (AvgIpc) is 3.83. The van der Waals surface area contributed by atoms with Crippen LogP contribution in [0, 0.1) is 0 Å². The predicted octanol–water partition coefficient (Wildman–Crippen LogP) is 11.3. The molecule has 0 saturated heterocycles. The Morgan fingerprint density at radius 1 is 0.760 bits per heavy atom. The van der Waals surface area contributed by atoms with Gasteiger partial charge in [-0.1, -0.05) is 111 Å². The third-order valence-electron chi connectivity index (χ3n) is 9.93. The number of nitrogens with zero attached hydrogens (tertiary/aromatic N) is 5. The van der Waals surface area contributed by atoms with Gasteiger partial charge in [-0.05, 0) is 65.6 Å². The molecule has 8 aromatic rings. The third-order valence-corrected chi connectivity index (χ3v) is 10.8. The molecule has 0 unspecified atom stereocenters. The molecular weight excluding hydrogens is 631 g/mol. The number of benzene rings is 5. The molecule has 0 aliphatic heterocycles. The maximum Gasteiger partial charge on any atom is 0.164 e. The van der Waals surface area contributed by atoms with Gasteiger partial charge in [0.15, 0.2) is 17.5 Å². The second-order valence-electron chi connectivity index (χ2n) is 13.3. The van der Waals surface area contributed by atoms with E-state index in [0.29, 0.717) is 17.5 Å². The Morgan fingerprint density at radius 3 is 2.12 bits per heavy atom. The summed E-state index contributed by atoms with van der Waals surface area (Å²) >= 11 is 1.72. The fraction of sp³-hybridized carbons (Fsp3) is 0.0909. The SMILES string of the molecule is C=Cc1c(/C=C(\C)c2nc(-c3ccccc3)nc(-c3ccccc3)n2)c2ccccc2n1-c1ccc2c(c1)-c1c(ccc3ncsc13)C2(C)C. The van der Waals surface area contributed by atoms with Crippen molar-refractivity contribution in [3.63, 3.8) is 0 Å². The van der Waals surface area contributed by atoms with E-state index in [2.05, 4.69) is 97.6 Å². The third kappa shape index (κ3) is 4.67. The maximum atomic E-state index is 4.99. The van der Waals surface area contributed by atoms with Crippen molar-refractivity contribution < 1.29 is 0 Å². The molecule has 1 aliphatic rings. The van der Waals surface area contributed by atoms with Gasteiger partial charge >= 0.3 is 0 Å². The first-order valence-electron chi connectivity index (χ1n) is 16.8. The summed E-state index contributed by atoms with van der Waals surface area (Å²) in [6, 6.07) is 40.1. The summed E-state index contributed by atoms with van der Waals surface area (Å²) in [7, 11) is 0. The summed E-state index contributed by atoms with van der Waals surface area (Å²) in [5.74, 6) is 1.92. The van der Waals surface area contributed by atoms with E-state index in [1.54, 1.807) is 11.3 Å². The zero-order chi connectivity index (χ0) is 34.0. The second kappa shape index (κ2) is 11.6. The molecule has 0 N–H and O–H groups in total. The van der Waals surface area contributed by atoms with Crippen LogP contribution >= 0.6 is 11.3 Å². The molecule has 6 heteroatoms. The number of fused-ring (bicyclic) bond motifs is 6. The molecular formula is C44H33N5S. The Kier molecular flexibility index (Phi) is 6.97. The highest BCUT2D eigenvalue weighted by Gasteiger charge is 2.37. The maximum absolute atomic E-state index is 4.99. The van der Waals surface area contributed by atoms with Gasteiger partial charge in [-0.2, -0.15) is 0 Å². The molecule has 3 heterocycles. The van der Waals surface area contributed by atoms with Gasteiger partial charge in [-0.3, -0.25) is 0 Å². The molecule has 3 aromatic heterocycles. The fourth-order valence-corrected chi connectivity index (χ4v) is 8.32. The molecule has 5 aromatic carbocycles. The highest BCUT2D eigenvalue weighted by atomic mass is 32.1. The van der Waals surface area contributed by atoms with E-state index < -0.39 is 0 Å². The lowest BCUT2D eigenvalue weighted by Gasteiger charge is -2.21. The minimum absolute atomic E-state index is 0.103.